The predicted octanol–water partition coefficient (Wildman–Crippen LogP) is 0.878. The number of amides is 1. The van der Waals surface area contributed by atoms with Crippen LogP contribution in [0.1, 0.15) is 17.3 Å². The van der Waals surface area contributed by atoms with E-state index in [1.165, 1.54) is 13.0 Å². The fourth-order valence-electron chi connectivity index (χ4n) is 2.24. The minimum atomic E-state index is -0.549. The smallest absolute Gasteiger partial charge is 0.219 e. The molecule has 0 radical (unpaired) electrons. The third-order valence-corrected chi connectivity index (χ3v) is 3.44. The fraction of sp³-hybridized carbons (Fsp3) is 0.429. The number of phenolic OH excluding ortho intramolecular Hbond substituents is 1. The molecule has 1 aromatic carbocycles. The summed E-state index contributed by atoms with van der Waals surface area (Å²) in [4.78, 5) is 26.9. The second-order valence-corrected chi connectivity index (χ2v) is 4.87. The van der Waals surface area contributed by atoms with Gasteiger partial charge in [0.25, 0.3) is 0 Å². The molecule has 1 aromatic rings. The third kappa shape index (κ3) is 3.33. The number of benzene rings is 1. The van der Waals surface area contributed by atoms with Gasteiger partial charge in [0.1, 0.15) is 11.6 Å². The van der Waals surface area contributed by atoms with Crippen LogP contribution in [0.2, 0.25) is 0 Å². The van der Waals surface area contributed by atoms with Crippen molar-refractivity contribution >= 4 is 11.7 Å². The summed E-state index contributed by atoms with van der Waals surface area (Å²) in [5, 5.41) is 9.59. The molecule has 1 heterocycles. The molecule has 0 unspecified atom stereocenters. The molecular formula is C14H17FN2O3. The molecule has 1 saturated heterocycles. The monoisotopic (exact) mass is 280 g/mol. The van der Waals surface area contributed by atoms with Crippen LogP contribution in [0.15, 0.2) is 18.2 Å². The molecular weight excluding hydrogens is 263 g/mol. The van der Waals surface area contributed by atoms with Crippen LogP contribution < -0.4 is 0 Å². The number of aromatic hydroxyl groups is 1. The van der Waals surface area contributed by atoms with E-state index in [0.717, 1.165) is 12.1 Å². The number of Topliss-reactive ketones (excluding diaryl/α,β-unsaturated/α-hetero) is 1. The summed E-state index contributed by atoms with van der Waals surface area (Å²) in [5.74, 6) is -1.05. The molecule has 6 heteroatoms. The first-order chi connectivity index (χ1) is 9.47. The fourth-order valence-corrected chi connectivity index (χ4v) is 2.24. The lowest BCUT2D eigenvalue weighted by atomic mass is 10.1. The first-order valence-electron chi connectivity index (χ1n) is 6.47. The molecule has 0 saturated carbocycles. The van der Waals surface area contributed by atoms with Crippen molar-refractivity contribution in [3.63, 3.8) is 0 Å². The summed E-state index contributed by atoms with van der Waals surface area (Å²) in [6.07, 6.45) is 0. The van der Waals surface area contributed by atoms with Gasteiger partial charge in [0.2, 0.25) is 5.91 Å². The van der Waals surface area contributed by atoms with Crippen molar-refractivity contribution in [2.75, 3.05) is 32.7 Å². The maximum absolute atomic E-state index is 13.1. The molecule has 108 valence electrons. The molecule has 20 heavy (non-hydrogen) atoms. The predicted molar refractivity (Wildman–Crippen MR) is 71.1 cm³/mol. The first-order valence-corrected chi connectivity index (χ1v) is 6.47. The highest BCUT2D eigenvalue weighted by molar-refractivity contribution is 6.00. The highest BCUT2D eigenvalue weighted by Gasteiger charge is 2.22. The van der Waals surface area contributed by atoms with Crippen LogP contribution in [-0.4, -0.2) is 59.3 Å². The number of nitrogens with zero attached hydrogens (tertiary/aromatic N) is 2. The number of hydrogen-bond acceptors (Lipinski definition) is 4. The van der Waals surface area contributed by atoms with Gasteiger partial charge in [-0.2, -0.15) is 0 Å². The van der Waals surface area contributed by atoms with Gasteiger partial charge in [0.05, 0.1) is 12.1 Å². The molecule has 0 spiro atoms. The molecule has 0 bridgehead atoms. The number of piperazine rings is 1. The van der Waals surface area contributed by atoms with Gasteiger partial charge in [-0.15, -0.1) is 0 Å². The van der Waals surface area contributed by atoms with E-state index in [2.05, 4.69) is 0 Å². The van der Waals surface area contributed by atoms with Gasteiger partial charge >= 0.3 is 0 Å². The molecule has 1 N–H and O–H groups in total. The van der Waals surface area contributed by atoms with E-state index in [0.29, 0.717) is 26.2 Å². The van der Waals surface area contributed by atoms with Crippen LogP contribution in [0.3, 0.4) is 0 Å². The summed E-state index contributed by atoms with van der Waals surface area (Å²) in [6.45, 7) is 3.99. The van der Waals surface area contributed by atoms with E-state index >= 15 is 0 Å². The van der Waals surface area contributed by atoms with E-state index in [1.807, 2.05) is 4.90 Å². The first kappa shape index (κ1) is 14.5. The second-order valence-electron chi connectivity index (χ2n) is 4.87. The van der Waals surface area contributed by atoms with Crippen LogP contribution in [0.25, 0.3) is 0 Å². The van der Waals surface area contributed by atoms with E-state index in [-0.39, 0.29) is 29.5 Å². The minimum absolute atomic E-state index is 0.000928. The Bertz CT molecular complexity index is 525. The Hall–Kier alpha value is -1.95. The van der Waals surface area contributed by atoms with Gasteiger partial charge in [-0.25, -0.2) is 4.39 Å². The topological polar surface area (TPSA) is 60.9 Å². The molecule has 1 fully saturated rings. The minimum Gasteiger partial charge on any atom is -0.507 e. The van der Waals surface area contributed by atoms with E-state index in [1.54, 1.807) is 4.90 Å². The van der Waals surface area contributed by atoms with Crippen LogP contribution in [0.4, 0.5) is 4.39 Å². The summed E-state index contributed by atoms with van der Waals surface area (Å²) < 4.78 is 13.1. The molecule has 0 aliphatic carbocycles. The van der Waals surface area contributed by atoms with Crippen LogP contribution in [-0.2, 0) is 4.79 Å². The van der Waals surface area contributed by atoms with Crippen molar-refractivity contribution < 1.29 is 19.1 Å². The Labute approximate surface area is 116 Å². The summed E-state index contributed by atoms with van der Waals surface area (Å²) in [5.41, 5.74) is -0.000928. The molecule has 2 rings (SSSR count). The average molecular weight is 280 g/mol. The lowest BCUT2D eigenvalue weighted by molar-refractivity contribution is -0.130. The van der Waals surface area contributed by atoms with Gasteiger partial charge in [0, 0.05) is 33.1 Å². The lowest BCUT2D eigenvalue weighted by Crippen LogP contribution is -2.49. The standard InChI is InChI=1S/C14H17FN2O3/c1-10(18)17-6-4-16(5-7-17)9-14(20)12-8-11(15)2-3-13(12)19/h2-3,8,19H,4-7,9H2,1H3. The highest BCUT2D eigenvalue weighted by Crippen LogP contribution is 2.19. The van der Waals surface area contributed by atoms with Crippen molar-refractivity contribution in [1.29, 1.82) is 0 Å². The maximum atomic E-state index is 13.1. The second kappa shape index (κ2) is 6.00. The Balaban J connectivity index is 1.96. The number of rotatable bonds is 3. The van der Waals surface area contributed by atoms with E-state index in [9.17, 15) is 19.1 Å². The number of ketones is 1. The number of hydrogen-bond donors (Lipinski definition) is 1. The number of carbonyl (C=O) groups is 2. The Morgan fingerprint density at radius 2 is 1.90 bits per heavy atom. The molecule has 0 aromatic heterocycles. The highest BCUT2D eigenvalue weighted by atomic mass is 19.1. The maximum Gasteiger partial charge on any atom is 0.219 e. The lowest BCUT2D eigenvalue weighted by Gasteiger charge is -2.33. The SMILES string of the molecule is CC(=O)N1CCN(CC(=O)c2cc(F)ccc2O)CC1. The number of carbonyl (C=O) groups excluding carboxylic acids is 2. The molecule has 5 nitrogen and oxygen atoms in total. The van der Waals surface area contributed by atoms with Crippen molar-refractivity contribution in [1.82, 2.24) is 9.80 Å². The Morgan fingerprint density at radius 1 is 1.25 bits per heavy atom. The van der Waals surface area contributed by atoms with Gasteiger partial charge in [-0.05, 0) is 18.2 Å². The number of halogens is 1. The molecule has 0 atom stereocenters. The molecule has 1 aliphatic heterocycles. The van der Waals surface area contributed by atoms with Crippen molar-refractivity contribution in [3.8, 4) is 5.75 Å². The van der Waals surface area contributed by atoms with Crippen LogP contribution in [0, 0.1) is 5.82 Å². The summed E-state index contributed by atoms with van der Waals surface area (Å²) in [6, 6.07) is 3.33. The average Bonchev–Trinajstić information content (AvgIpc) is 2.42. The zero-order chi connectivity index (χ0) is 14.7. The summed E-state index contributed by atoms with van der Waals surface area (Å²) >= 11 is 0. The number of phenols is 1. The Kier molecular flexibility index (Phi) is 4.34. The van der Waals surface area contributed by atoms with Gasteiger partial charge in [0.15, 0.2) is 5.78 Å². The van der Waals surface area contributed by atoms with E-state index < -0.39 is 5.82 Å². The van der Waals surface area contributed by atoms with Gasteiger partial charge < -0.3 is 10.0 Å². The van der Waals surface area contributed by atoms with Crippen molar-refractivity contribution in [2.24, 2.45) is 0 Å². The third-order valence-electron chi connectivity index (χ3n) is 3.44. The van der Waals surface area contributed by atoms with Crippen LogP contribution in [0.5, 0.6) is 5.75 Å². The molecule has 1 aliphatic rings. The van der Waals surface area contributed by atoms with Gasteiger partial charge in [-0.1, -0.05) is 0 Å². The van der Waals surface area contributed by atoms with Gasteiger partial charge in [-0.3, -0.25) is 14.5 Å². The summed E-state index contributed by atoms with van der Waals surface area (Å²) in [7, 11) is 0. The van der Waals surface area contributed by atoms with E-state index in [4.69, 9.17) is 0 Å². The normalized spacial score (nSPS) is 16.2. The van der Waals surface area contributed by atoms with Crippen LogP contribution >= 0.6 is 0 Å². The van der Waals surface area contributed by atoms with Crippen molar-refractivity contribution in [3.05, 3.63) is 29.6 Å². The van der Waals surface area contributed by atoms with Crippen molar-refractivity contribution in [2.45, 2.75) is 6.92 Å². The zero-order valence-corrected chi connectivity index (χ0v) is 11.3. The zero-order valence-electron chi connectivity index (χ0n) is 11.3. The Morgan fingerprint density at radius 3 is 2.50 bits per heavy atom. The largest absolute Gasteiger partial charge is 0.507 e. The molecule has 1 amide bonds. The quantitative estimate of drug-likeness (QED) is 0.835.